The second-order valence-corrected chi connectivity index (χ2v) is 30.6. The number of anilines is 7. The normalized spacial score (nSPS) is 15.4. The van der Waals surface area contributed by atoms with Gasteiger partial charge in [0.2, 0.25) is 0 Å². The Kier molecular flexibility index (Phi) is 10.4. The Morgan fingerprint density at radius 1 is 0.536 bits per heavy atom. The zero-order valence-electron chi connectivity index (χ0n) is 41.0. The van der Waals surface area contributed by atoms with Crippen molar-refractivity contribution in [3.63, 3.8) is 0 Å². The van der Waals surface area contributed by atoms with Crippen molar-refractivity contribution in [2.75, 3.05) is 14.7 Å². The molecule has 12 rings (SSSR count). The molecule has 3 aliphatic heterocycles. The summed E-state index contributed by atoms with van der Waals surface area (Å²) in [6, 6.07) is 61.0. The molecule has 2 aromatic heterocycles. The van der Waals surface area contributed by atoms with E-state index in [1.165, 1.54) is 49.1 Å². The van der Waals surface area contributed by atoms with Crippen LogP contribution in [0.4, 0.5) is 39.8 Å². The van der Waals surface area contributed by atoms with Crippen molar-refractivity contribution >= 4 is 98.5 Å². The number of aromatic nitrogens is 2. The maximum atomic E-state index is 6.90. The Bertz CT molecular complexity index is 3460. The molecule has 0 saturated heterocycles. The average Bonchev–Trinajstić information content (AvgIpc) is 3.87. The summed E-state index contributed by atoms with van der Waals surface area (Å²) in [5.41, 5.74) is 12.6. The molecule has 0 atom stereocenters. The van der Waals surface area contributed by atoms with Gasteiger partial charge in [0.05, 0.1) is 0 Å². The molecule has 0 fully saturated rings. The number of hydrogen-bond acceptors (Lipinski definition) is 5. The van der Waals surface area contributed by atoms with E-state index < -0.39 is 16.1 Å². The number of pyridine rings is 1. The van der Waals surface area contributed by atoms with E-state index in [1.54, 1.807) is 0 Å². The smallest absolute Gasteiger partial charge is 0.135 e. The summed E-state index contributed by atoms with van der Waals surface area (Å²) in [5.74, 6) is 2.12. The summed E-state index contributed by atoms with van der Waals surface area (Å²) in [5, 5.41) is 8.18. The van der Waals surface area contributed by atoms with Crippen LogP contribution in [-0.4, -0.2) is 25.7 Å². The van der Waals surface area contributed by atoms with Crippen LogP contribution in [0.25, 0.3) is 27.6 Å². The van der Waals surface area contributed by atoms with Crippen molar-refractivity contribution < 1.29 is 25.8 Å². The van der Waals surface area contributed by atoms with Gasteiger partial charge in [0.15, 0.2) is 0 Å². The zero-order chi connectivity index (χ0) is 47.1. The molecular weight excluding hydrogens is 1060 g/mol. The fourth-order valence-electron chi connectivity index (χ4n) is 11.0. The van der Waals surface area contributed by atoms with Crippen LogP contribution < -0.4 is 40.2 Å². The van der Waals surface area contributed by atoms with Crippen molar-refractivity contribution in [1.29, 1.82) is 0 Å². The first-order valence-corrected chi connectivity index (χ1v) is 29.9. The Morgan fingerprint density at radius 2 is 1.12 bits per heavy atom. The molecule has 0 unspecified atom stereocenters. The standard InChI is InChI=1S/C60H56N5OSi2.Pt/c1-59(2,3)39-29-30-61-57(33-39)64-47-20-12-11-19-45(47)46-28-27-43(37-52(46)64)66-44-32-40(60(4,5)6)31-41(34-44)62-38-63(49-22-14-13-21-48(49)62)42-35-55-58-56(36-42)68(9,10)54-26-18-16-24-51(54)65(58)50-23-15-17-25-53(50)67(55,7)8;/h11-33,35-36,38H,1-10H3;/q-3;. The van der Waals surface area contributed by atoms with Gasteiger partial charge in [-0.3, -0.25) is 0 Å². The summed E-state index contributed by atoms with van der Waals surface area (Å²) in [7, 11) is -4.33. The van der Waals surface area contributed by atoms with Gasteiger partial charge in [-0.1, -0.05) is 140 Å². The Balaban J connectivity index is 0.00000520. The van der Waals surface area contributed by atoms with Gasteiger partial charge in [0.1, 0.15) is 22.0 Å². The third kappa shape index (κ3) is 7.07. The first-order chi connectivity index (χ1) is 32.5. The fourth-order valence-corrected chi connectivity index (χ4v) is 17.1. The largest absolute Gasteiger partial charge is 0.509 e. The van der Waals surface area contributed by atoms with Gasteiger partial charge in [0, 0.05) is 78.4 Å². The molecule has 3 aliphatic rings. The van der Waals surface area contributed by atoms with E-state index in [1.807, 2.05) is 12.3 Å². The topological polar surface area (TPSA) is 36.8 Å². The molecule has 5 heterocycles. The summed E-state index contributed by atoms with van der Waals surface area (Å²) < 4.78 is 9.12. The first-order valence-electron chi connectivity index (χ1n) is 23.9. The van der Waals surface area contributed by atoms with Crippen molar-refractivity contribution in [3.8, 4) is 17.3 Å². The third-order valence-corrected chi connectivity index (χ3v) is 21.8. The van der Waals surface area contributed by atoms with Crippen LogP contribution in [0.1, 0.15) is 52.7 Å². The second-order valence-electron chi connectivity index (χ2n) is 21.9. The third-order valence-electron chi connectivity index (χ3n) is 14.8. The monoisotopic (exact) mass is 1110 g/mol. The van der Waals surface area contributed by atoms with E-state index in [4.69, 9.17) is 9.72 Å². The van der Waals surface area contributed by atoms with Crippen LogP contribution >= 0.6 is 0 Å². The van der Waals surface area contributed by atoms with Crippen molar-refractivity contribution in [2.45, 2.75) is 78.6 Å². The van der Waals surface area contributed by atoms with Gasteiger partial charge in [-0.2, -0.15) is 6.07 Å². The number of fused-ring (bicyclic) bond motifs is 8. The van der Waals surface area contributed by atoms with Crippen LogP contribution in [0.2, 0.25) is 26.2 Å². The van der Waals surface area contributed by atoms with Crippen molar-refractivity contribution in [3.05, 3.63) is 182 Å². The summed E-state index contributed by atoms with van der Waals surface area (Å²) in [6.07, 6.45) is 1.92. The van der Waals surface area contributed by atoms with Gasteiger partial charge in [-0.15, -0.1) is 53.6 Å². The van der Waals surface area contributed by atoms with Gasteiger partial charge in [0.25, 0.3) is 0 Å². The predicted octanol–water partition coefficient (Wildman–Crippen LogP) is 13.3. The van der Waals surface area contributed by atoms with Crippen LogP contribution in [0.5, 0.6) is 11.5 Å². The molecule has 6 nitrogen and oxygen atoms in total. The van der Waals surface area contributed by atoms with Gasteiger partial charge in [-0.25, -0.2) is 4.98 Å². The van der Waals surface area contributed by atoms with Crippen molar-refractivity contribution in [2.24, 2.45) is 0 Å². The van der Waals surface area contributed by atoms with Gasteiger partial charge < -0.3 is 24.0 Å². The van der Waals surface area contributed by atoms with E-state index in [9.17, 15) is 0 Å². The van der Waals surface area contributed by atoms with Crippen LogP contribution in [0, 0.1) is 18.8 Å². The Hall–Kier alpha value is -6.19. The molecule has 0 spiro atoms. The van der Waals surface area contributed by atoms with Crippen LogP contribution in [0.15, 0.2) is 152 Å². The summed E-state index contributed by atoms with van der Waals surface area (Å²) >= 11 is 0. The molecule has 9 aromatic rings. The van der Waals surface area contributed by atoms with E-state index in [2.05, 4.69) is 245 Å². The van der Waals surface area contributed by atoms with E-state index in [0.717, 1.165) is 50.2 Å². The number of hydrogen-bond donors (Lipinski definition) is 0. The number of rotatable bonds is 5. The molecule has 0 aliphatic carbocycles. The minimum Gasteiger partial charge on any atom is -0.509 e. The second kappa shape index (κ2) is 15.9. The maximum Gasteiger partial charge on any atom is 0.135 e. The van der Waals surface area contributed by atoms with Crippen LogP contribution in [-0.2, 0) is 31.9 Å². The number of nitrogens with zero attached hydrogens (tertiary/aromatic N) is 5. The molecule has 9 heteroatoms. The molecule has 0 amide bonds. The van der Waals surface area contributed by atoms with Gasteiger partial charge >= 0.3 is 0 Å². The minimum atomic E-state index is -2.16. The maximum absolute atomic E-state index is 6.90. The molecule has 0 radical (unpaired) electrons. The molecule has 0 bridgehead atoms. The Labute approximate surface area is 423 Å². The first kappa shape index (κ1) is 45.3. The molecule has 0 N–H and O–H groups in total. The molecule has 0 saturated carbocycles. The van der Waals surface area contributed by atoms with E-state index in [0.29, 0.717) is 11.5 Å². The number of ether oxygens (including phenoxy) is 1. The quantitative estimate of drug-likeness (QED) is 0.127. The van der Waals surface area contributed by atoms with Crippen molar-refractivity contribution in [1.82, 2.24) is 9.55 Å². The van der Waals surface area contributed by atoms with Crippen LogP contribution in [0.3, 0.4) is 0 Å². The predicted molar refractivity (Wildman–Crippen MR) is 290 cm³/mol. The summed E-state index contributed by atoms with van der Waals surface area (Å²) in [4.78, 5) is 12.2. The fraction of sp³-hybridized carbons (Fsp3) is 0.200. The van der Waals surface area contributed by atoms with E-state index in [-0.39, 0.29) is 31.9 Å². The minimum absolute atomic E-state index is 0. The molecular formula is C60H56N5OPtSi2-3. The zero-order valence-corrected chi connectivity index (χ0v) is 45.2. The SMILES string of the molecule is CC(C)(C)c1cc(Oc2[c-]c3c(cc2)c2ccccc2n3-c2cc(C(C)(C)C)ccn2)[c-]c(N2[CH-]N(c3cc4c5c(c3)[Si](C)(C)c3ccccc3N5c3ccccc3[Si]4(C)C)c3ccccc32)c1.[Pt]. The van der Waals surface area contributed by atoms with Gasteiger partial charge in [-0.05, 0) is 97.1 Å². The number of benzene rings is 7. The molecule has 7 aromatic carbocycles. The Morgan fingerprint density at radius 3 is 1.75 bits per heavy atom. The average molecular weight is 1110 g/mol. The molecule has 69 heavy (non-hydrogen) atoms. The van der Waals surface area contributed by atoms with E-state index >= 15 is 0 Å². The number of para-hydroxylation sites is 5. The molecule has 348 valence electrons. The summed E-state index contributed by atoms with van der Waals surface area (Å²) in [6.45, 7) is 25.9.